The van der Waals surface area contributed by atoms with Gasteiger partial charge in [0.2, 0.25) is 5.91 Å². The lowest BCUT2D eigenvalue weighted by molar-refractivity contribution is -0.113. The average molecular weight is 290 g/mol. The van der Waals surface area contributed by atoms with Crippen molar-refractivity contribution in [2.24, 2.45) is 0 Å². The number of anilines is 2. The fourth-order valence-electron chi connectivity index (χ4n) is 1.34. The van der Waals surface area contributed by atoms with E-state index < -0.39 is 0 Å². The maximum atomic E-state index is 11.7. The van der Waals surface area contributed by atoms with Crippen molar-refractivity contribution in [2.45, 2.75) is 4.21 Å². The van der Waals surface area contributed by atoms with Crippen molar-refractivity contribution >= 4 is 39.8 Å². The number of thioether (sulfide) groups is 1. The number of nitrogen functional groups attached to an aromatic ring is 1. The zero-order chi connectivity index (χ0) is 13.7. The first kappa shape index (κ1) is 13.4. The first-order valence-corrected chi connectivity index (χ1v) is 7.11. The zero-order valence-corrected chi connectivity index (χ0v) is 11.4. The van der Waals surface area contributed by atoms with Crippen LogP contribution in [0.25, 0.3) is 0 Å². The summed E-state index contributed by atoms with van der Waals surface area (Å²) in [6, 6.07) is 8.81. The Morgan fingerprint density at radius 1 is 1.58 bits per heavy atom. The normalized spacial score (nSPS) is 9.84. The Hall–Kier alpha value is -2.04. The fourth-order valence-corrected chi connectivity index (χ4v) is 2.90. The van der Waals surface area contributed by atoms with Gasteiger partial charge in [-0.15, -0.1) is 11.8 Å². The van der Waals surface area contributed by atoms with Gasteiger partial charge in [0.25, 0.3) is 0 Å². The molecule has 0 saturated carbocycles. The predicted octanol–water partition coefficient (Wildman–Crippen LogP) is 2.33. The highest BCUT2D eigenvalue weighted by Crippen LogP contribution is 2.26. The molecule has 0 atom stereocenters. The molecule has 0 radical (unpaired) electrons. The number of nitriles is 1. The lowest BCUT2D eigenvalue weighted by Crippen LogP contribution is -2.13. The standard InChI is InChI=1S/C12H10N4OS2/c13-5-8-2-1-3-9(4-8)16-10(17)7-18-11-6-15-12(14)19-11/h1-4,6H,7H2,(H2,14,15)(H,16,17). The number of benzene rings is 1. The van der Waals surface area contributed by atoms with Crippen molar-refractivity contribution in [3.05, 3.63) is 36.0 Å². The molecule has 2 rings (SSSR count). The van der Waals surface area contributed by atoms with E-state index in [9.17, 15) is 4.79 Å². The average Bonchev–Trinajstić information content (AvgIpc) is 2.82. The van der Waals surface area contributed by atoms with Crippen LogP contribution in [0.2, 0.25) is 0 Å². The summed E-state index contributed by atoms with van der Waals surface area (Å²) in [7, 11) is 0. The van der Waals surface area contributed by atoms with Gasteiger partial charge in [0.05, 0.1) is 27.8 Å². The number of aromatic nitrogens is 1. The highest BCUT2D eigenvalue weighted by molar-refractivity contribution is 8.01. The van der Waals surface area contributed by atoms with E-state index >= 15 is 0 Å². The van der Waals surface area contributed by atoms with Crippen LogP contribution in [0.4, 0.5) is 10.8 Å². The van der Waals surface area contributed by atoms with Crippen molar-refractivity contribution in [1.29, 1.82) is 5.26 Å². The third-order valence-electron chi connectivity index (χ3n) is 2.12. The molecule has 2 aromatic rings. The zero-order valence-electron chi connectivity index (χ0n) is 9.79. The second-order valence-electron chi connectivity index (χ2n) is 3.55. The number of nitrogens with one attached hydrogen (secondary N) is 1. The smallest absolute Gasteiger partial charge is 0.234 e. The van der Waals surface area contributed by atoms with Gasteiger partial charge in [0, 0.05) is 5.69 Å². The molecule has 1 amide bonds. The van der Waals surface area contributed by atoms with E-state index in [1.165, 1.54) is 23.1 Å². The van der Waals surface area contributed by atoms with Crippen molar-refractivity contribution in [3.63, 3.8) is 0 Å². The summed E-state index contributed by atoms with van der Waals surface area (Å²) in [5, 5.41) is 12.0. The minimum absolute atomic E-state index is 0.132. The Morgan fingerprint density at radius 2 is 2.42 bits per heavy atom. The monoisotopic (exact) mass is 290 g/mol. The van der Waals surface area contributed by atoms with E-state index in [1.54, 1.807) is 30.5 Å². The number of nitrogens with two attached hydrogens (primary N) is 1. The topological polar surface area (TPSA) is 91.8 Å². The first-order chi connectivity index (χ1) is 9.17. The van der Waals surface area contributed by atoms with E-state index in [0.717, 1.165) is 4.21 Å². The summed E-state index contributed by atoms with van der Waals surface area (Å²) >= 11 is 2.73. The van der Waals surface area contributed by atoms with Crippen LogP contribution in [0.3, 0.4) is 0 Å². The third kappa shape index (κ3) is 3.98. The molecule has 0 fully saturated rings. The molecule has 0 spiro atoms. The molecular weight excluding hydrogens is 280 g/mol. The Bertz CT molecular complexity index is 633. The summed E-state index contributed by atoms with van der Waals surface area (Å²) in [5.41, 5.74) is 6.64. The van der Waals surface area contributed by atoms with Crippen LogP contribution in [0.5, 0.6) is 0 Å². The second kappa shape index (κ2) is 6.22. The third-order valence-corrected chi connectivity index (χ3v) is 4.14. The van der Waals surface area contributed by atoms with Gasteiger partial charge in [0.15, 0.2) is 5.13 Å². The Balaban J connectivity index is 1.89. The largest absolute Gasteiger partial charge is 0.375 e. The van der Waals surface area contributed by atoms with Gasteiger partial charge in [-0.05, 0) is 18.2 Å². The van der Waals surface area contributed by atoms with Crippen molar-refractivity contribution in [3.8, 4) is 6.07 Å². The molecule has 1 heterocycles. The van der Waals surface area contributed by atoms with Crippen molar-refractivity contribution < 1.29 is 4.79 Å². The minimum atomic E-state index is -0.132. The van der Waals surface area contributed by atoms with Gasteiger partial charge >= 0.3 is 0 Å². The van der Waals surface area contributed by atoms with Gasteiger partial charge < -0.3 is 11.1 Å². The fraction of sp³-hybridized carbons (Fsp3) is 0.0833. The van der Waals surface area contributed by atoms with Crippen molar-refractivity contribution in [1.82, 2.24) is 4.98 Å². The van der Waals surface area contributed by atoms with Gasteiger partial charge in [0.1, 0.15) is 0 Å². The predicted molar refractivity (Wildman–Crippen MR) is 77.0 cm³/mol. The molecule has 0 aliphatic rings. The molecule has 3 N–H and O–H groups in total. The van der Waals surface area contributed by atoms with Gasteiger partial charge in [-0.3, -0.25) is 4.79 Å². The summed E-state index contributed by atoms with van der Waals surface area (Å²) in [6.07, 6.45) is 1.65. The molecule has 0 saturated heterocycles. The van der Waals surface area contributed by atoms with E-state index in [-0.39, 0.29) is 11.7 Å². The maximum Gasteiger partial charge on any atom is 0.234 e. The van der Waals surface area contributed by atoms with Crippen LogP contribution in [-0.2, 0) is 4.79 Å². The second-order valence-corrected chi connectivity index (χ2v) is 5.88. The molecule has 0 aliphatic heterocycles. The molecular formula is C12H10N4OS2. The Kier molecular flexibility index (Phi) is 4.39. The minimum Gasteiger partial charge on any atom is -0.375 e. The first-order valence-electron chi connectivity index (χ1n) is 5.31. The number of carbonyl (C=O) groups is 1. The van der Waals surface area contributed by atoms with Gasteiger partial charge in [-0.2, -0.15) is 5.26 Å². The Labute approximate surface area is 118 Å². The van der Waals surface area contributed by atoms with Gasteiger partial charge in [-0.25, -0.2) is 4.98 Å². The molecule has 0 aliphatic carbocycles. The van der Waals surface area contributed by atoms with E-state index in [0.29, 0.717) is 16.4 Å². The van der Waals surface area contributed by atoms with Gasteiger partial charge in [-0.1, -0.05) is 17.4 Å². The molecule has 1 aromatic carbocycles. The number of amides is 1. The number of rotatable bonds is 4. The maximum absolute atomic E-state index is 11.7. The van der Waals surface area contributed by atoms with Crippen LogP contribution in [0, 0.1) is 11.3 Å². The molecule has 96 valence electrons. The van der Waals surface area contributed by atoms with E-state index in [1.807, 2.05) is 6.07 Å². The molecule has 0 bridgehead atoms. The summed E-state index contributed by atoms with van der Waals surface area (Å²) in [4.78, 5) is 15.6. The lowest BCUT2D eigenvalue weighted by atomic mass is 10.2. The Morgan fingerprint density at radius 3 is 3.11 bits per heavy atom. The van der Waals surface area contributed by atoms with Crippen LogP contribution in [0.15, 0.2) is 34.7 Å². The van der Waals surface area contributed by atoms with Crippen LogP contribution in [-0.4, -0.2) is 16.6 Å². The molecule has 5 nitrogen and oxygen atoms in total. The highest BCUT2D eigenvalue weighted by Gasteiger charge is 2.06. The number of thiazole rings is 1. The number of carbonyl (C=O) groups excluding carboxylic acids is 1. The molecule has 7 heteroatoms. The number of hydrogen-bond donors (Lipinski definition) is 2. The lowest BCUT2D eigenvalue weighted by Gasteiger charge is -2.04. The molecule has 1 aromatic heterocycles. The highest BCUT2D eigenvalue weighted by atomic mass is 32.2. The van der Waals surface area contributed by atoms with Crippen molar-refractivity contribution in [2.75, 3.05) is 16.8 Å². The molecule has 19 heavy (non-hydrogen) atoms. The summed E-state index contributed by atoms with van der Waals surface area (Å²) in [6.45, 7) is 0. The van der Waals surface area contributed by atoms with Crippen LogP contribution < -0.4 is 11.1 Å². The molecule has 0 unspecified atom stereocenters. The van der Waals surface area contributed by atoms with Crippen LogP contribution >= 0.6 is 23.1 Å². The SMILES string of the molecule is N#Cc1cccc(NC(=O)CSc2cnc(N)s2)c1. The van der Waals surface area contributed by atoms with E-state index in [4.69, 9.17) is 11.0 Å². The quantitative estimate of drug-likeness (QED) is 0.843. The van der Waals surface area contributed by atoms with E-state index in [2.05, 4.69) is 10.3 Å². The summed E-state index contributed by atoms with van der Waals surface area (Å²) < 4.78 is 0.901. The number of hydrogen-bond acceptors (Lipinski definition) is 6. The summed E-state index contributed by atoms with van der Waals surface area (Å²) in [5.74, 6) is 0.144. The van der Waals surface area contributed by atoms with Crippen LogP contribution in [0.1, 0.15) is 5.56 Å². The number of nitrogens with zero attached hydrogens (tertiary/aromatic N) is 2.